The van der Waals surface area contributed by atoms with Crippen LogP contribution in [0.15, 0.2) is 82.8 Å². The molecule has 41 heavy (non-hydrogen) atoms. The Kier molecular flexibility index (Phi) is 8.83. The number of hydrogen-bond donors (Lipinski definition) is 1. The molecule has 0 bridgehead atoms. The topological polar surface area (TPSA) is 102 Å². The number of aromatic nitrogens is 1. The second-order valence-electron chi connectivity index (χ2n) is 9.55. The van der Waals surface area contributed by atoms with Gasteiger partial charge in [-0.2, -0.15) is 5.10 Å². The minimum Gasteiger partial charge on any atom is -0.497 e. The molecule has 1 amide bonds. The average Bonchev–Trinajstić information content (AvgIpc) is 3.24. The number of hydrogen-bond acceptors (Lipinski definition) is 6. The summed E-state index contributed by atoms with van der Waals surface area (Å²) >= 11 is 0. The summed E-state index contributed by atoms with van der Waals surface area (Å²) in [4.78, 5) is 13.1. The molecule has 0 radical (unpaired) electrons. The molecule has 0 aliphatic carbocycles. The molecule has 0 aliphatic rings. The summed E-state index contributed by atoms with van der Waals surface area (Å²) in [6, 6.07) is 20.7. The van der Waals surface area contributed by atoms with Crippen LogP contribution in [0.2, 0.25) is 0 Å². The van der Waals surface area contributed by atoms with Crippen molar-refractivity contribution in [1.29, 1.82) is 0 Å². The van der Waals surface area contributed by atoms with Crippen molar-refractivity contribution in [3.05, 3.63) is 101 Å². The maximum absolute atomic E-state index is 13.7. The molecule has 214 valence electrons. The van der Waals surface area contributed by atoms with Gasteiger partial charge in [0, 0.05) is 17.0 Å². The van der Waals surface area contributed by atoms with Gasteiger partial charge in [0.25, 0.3) is 15.9 Å². The Morgan fingerprint density at radius 1 is 0.927 bits per heavy atom. The first-order chi connectivity index (χ1) is 19.6. The van der Waals surface area contributed by atoms with Crippen LogP contribution in [-0.4, -0.2) is 45.9 Å². The number of carbonyl (C=O) groups is 1. The zero-order chi connectivity index (χ0) is 29.7. The monoisotopic (exact) mass is 574 g/mol. The Labute approximate surface area is 241 Å². The second-order valence-corrected chi connectivity index (χ2v) is 11.4. The number of sulfonamides is 1. The van der Waals surface area contributed by atoms with Crippen LogP contribution in [0.5, 0.6) is 11.5 Å². The van der Waals surface area contributed by atoms with Crippen molar-refractivity contribution >= 4 is 27.8 Å². The summed E-state index contributed by atoms with van der Waals surface area (Å²) in [6.45, 7) is 7.63. The summed E-state index contributed by atoms with van der Waals surface area (Å²) in [7, 11) is -1.21. The van der Waals surface area contributed by atoms with E-state index in [4.69, 9.17) is 9.47 Å². The van der Waals surface area contributed by atoms with Crippen molar-refractivity contribution in [2.24, 2.45) is 5.10 Å². The van der Waals surface area contributed by atoms with Gasteiger partial charge < -0.3 is 14.0 Å². The third-order valence-electron chi connectivity index (χ3n) is 6.81. The Balaban J connectivity index is 1.60. The first-order valence-corrected chi connectivity index (χ1v) is 14.4. The van der Waals surface area contributed by atoms with E-state index in [2.05, 4.69) is 41.1 Å². The van der Waals surface area contributed by atoms with Gasteiger partial charge in [0.15, 0.2) is 0 Å². The van der Waals surface area contributed by atoms with Crippen molar-refractivity contribution in [3.63, 3.8) is 0 Å². The highest BCUT2D eigenvalue weighted by Crippen LogP contribution is 2.32. The van der Waals surface area contributed by atoms with E-state index in [0.717, 1.165) is 38.1 Å². The summed E-state index contributed by atoms with van der Waals surface area (Å²) in [5.41, 5.74) is 8.95. The Morgan fingerprint density at radius 2 is 1.59 bits per heavy atom. The maximum Gasteiger partial charge on any atom is 0.264 e. The van der Waals surface area contributed by atoms with Gasteiger partial charge in [-0.05, 0) is 81.3 Å². The zero-order valence-corrected chi connectivity index (χ0v) is 24.8. The van der Waals surface area contributed by atoms with Crippen molar-refractivity contribution in [1.82, 2.24) is 9.99 Å². The van der Waals surface area contributed by atoms with Gasteiger partial charge in [0.1, 0.15) is 18.0 Å². The van der Waals surface area contributed by atoms with Crippen LogP contribution >= 0.6 is 0 Å². The highest BCUT2D eigenvalue weighted by Gasteiger charge is 2.29. The number of rotatable bonds is 10. The number of methoxy groups -OCH3 is 2. The molecule has 1 N–H and O–H groups in total. The van der Waals surface area contributed by atoms with E-state index in [1.54, 1.807) is 42.6 Å². The van der Waals surface area contributed by atoms with Crippen LogP contribution in [0.1, 0.15) is 28.1 Å². The number of para-hydroxylation sites is 3. The molecule has 0 atom stereocenters. The predicted octanol–water partition coefficient (Wildman–Crippen LogP) is 5.07. The molecule has 1 heterocycles. The molecule has 0 spiro atoms. The smallest absolute Gasteiger partial charge is 0.264 e. The molecule has 1 aromatic heterocycles. The zero-order valence-electron chi connectivity index (χ0n) is 24.0. The standard InChI is InChI=1S/C31H34N4O5S/c1-21-10-9-11-22(2)31(21)35-23(3)18-25(24(35)4)19-32-33-30(36)20-34(28-12-7-8-13-29(28)40-6)41(37,38)27-16-14-26(39-5)15-17-27/h7-19H,20H2,1-6H3,(H,33,36)/b32-19-. The number of nitrogens with zero attached hydrogens (tertiary/aromatic N) is 3. The SMILES string of the molecule is COc1ccc(S(=O)(=O)N(CC(=O)N/N=C\c2cc(C)n(-c3c(C)cccc3C)c2C)c2ccccc2OC)cc1. The molecule has 0 saturated heterocycles. The van der Waals surface area contributed by atoms with E-state index in [1.165, 1.54) is 26.4 Å². The van der Waals surface area contributed by atoms with E-state index in [0.29, 0.717) is 11.5 Å². The van der Waals surface area contributed by atoms with E-state index >= 15 is 0 Å². The molecule has 4 aromatic rings. The molecule has 0 aliphatic heterocycles. The van der Waals surface area contributed by atoms with Crippen LogP contribution in [0.3, 0.4) is 0 Å². The fourth-order valence-electron chi connectivity index (χ4n) is 4.77. The van der Waals surface area contributed by atoms with Crippen molar-refractivity contribution < 1.29 is 22.7 Å². The lowest BCUT2D eigenvalue weighted by Crippen LogP contribution is -2.39. The Hall–Kier alpha value is -4.57. The van der Waals surface area contributed by atoms with Crippen molar-refractivity contribution in [2.45, 2.75) is 32.6 Å². The lowest BCUT2D eigenvalue weighted by Gasteiger charge is -2.25. The van der Waals surface area contributed by atoms with Crippen LogP contribution in [-0.2, 0) is 14.8 Å². The third-order valence-corrected chi connectivity index (χ3v) is 8.59. The minimum absolute atomic E-state index is 0.000513. The molecular formula is C31H34N4O5S. The first kappa shape index (κ1) is 29.4. The van der Waals surface area contributed by atoms with Crippen molar-refractivity contribution in [3.8, 4) is 17.2 Å². The highest BCUT2D eigenvalue weighted by atomic mass is 32.2. The normalized spacial score (nSPS) is 11.5. The maximum atomic E-state index is 13.7. The van der Waals surface area contributed by atoms with Crippen LogP contribution in [0, 0.1) is 27.7 Å². The van der Waals surface area contributed by atoms with E-state index in [9.17, 15) is 13.2 Å². The highest BCUT2D eigenvalue weighted by molar-refractivity contribution is 7.92. The minimum atomic E-state index is -4.15. The second kappa shape index (κ2) is 12.3. The molecule has 0 unspecified atom stereocenters. The number of anilines is 1. The first-order valence-electron chi connectivity index (χ1n) is 13.0. The molecule has 0 saturated carbocycles. The summed E-state index contributed by atoms with van der Waals surface area (Å²) in [5.74, 6) is 0.199. The lowest BCUT2D eigenvalue weighted by atomic mass is 10.1. The van der Waals surface area contributed by atoms with E-state index < -0.39 is 22.5 Å². The van der Waals surface area contributed by atoms with Gasteiger partial charge in [-0.25, -0.2) is 13.8 Å². The molecule has 9 nitrogen and oxygen atoms in total. The fraction of sp³-hybridized carbons (Fsp3) is 0.226. The lowest BCUT2D eigenvalue weighted by molar-refractivity contribution is -0.119. The van der Waals surface area contributed by atoms with Gasteiger partial charge in [-0.1, -0.05) is 30.3 Å². The Bertz CT molecular complexity index is 1670. The van der Waals surface area contributed by atoms with Crippen molar-refractivity contribution in [2.75, 3.05) is 25.1 Å². The largest absolute Gasteiger partial charge is 0.497 e. The number of nitrogens with one attached hydrogen (secondary N) is 1. The van der Waals surface area contributed by atoms with Gasteiger partial charge in [-0.3, -0.25) is 9.10 Å². The Morgan fingerprint density at radius 3 is 2.22 bits per heavy atom. The fourth-order valence-corrected chi connectivity index (χ4v) is 6.20. The van der Waals surface area contributed by atoms with E-state index in [-0.39, 0.29) is 10.6 Å². The molecular weight excluding hydrogens is 540 g/mol. The van der Waals surface area contributed by atoms with Crippen LogP contribution in [0.25, 0.3) is 5.69 Å². The molecule has 0 fully saturated rings. The van der Waals surface area contributed by atoms with Crippen LogP contribution < -0.4 is 19.2 Å². The third kappa shape index (κ3) is 6.12. The number of ether oxygens (including phenoxy) is 2. The van der Waals surface area contributed by atoms with E-state index in [1.807, 2.05) is 26.0 Å². The number of benzene rings is 3. The summed E-state index contributed by atoms with van der Waals surface area (Å²) in [6.07, 6.45) is 1.57. The van der Waals surface area contributed by atoms with Gasteiger partial charge in [0.05, 0.1) is 36.7 Å². The number of carbonyl (C=O) groups excluding carboxylic acids is 1. The van der Waals surface area contributed by atoms with Gasteiger partial charge in [0.2, 0.25) is 0 Å². The number of hydrazone groups is 1. The van der Waals surface area contributed by atoms with Gasteiger partial charge >= 0.3 is 0 Å². The molecule has 3 aromatic carbocycles. The predicted molar refractivity (Wildman–Crippen MR) is 161 cm³/mol. The van der Waals surface area contributed by atoms with Crippen LogP contribution in [0.4, 0.5) is 5.69 Å². The summed E-state index contributed by atoms with van der Waals surface area (Å²) in [5, 5.41) is 4.15. The van der Waals surface area contributed by atoms with Gasteiger partial charge in [-0.15, -0.1) is 0 Å². The summed E-state index contributed by atoms with van der Waals surface area (Å²) < 4.78 is 41.2. The number of amides is 1. The quantitative estimate of drug-likeness (QED) is 0.210. The molecule has 10 heteroatoms. The number of aryl methyl sites for hydroxylation is 3. The average molecular weight is 575 g/mol. The molecule has 4 rings (SSSR count).